The number of anilines is 2. The highest BCUT2D eigenvalue weighted by Gasteiger charge is 2.23. The first kappa shape index (κ1) is 31.1. The molecule has 0 fully saturated rings. The lowest BCUT2D eigenvalue weighted by Gasteiger charge is -2.30. The van der Waals surface area contributed by atoms with Gasteiger partial charge in [-0.25, -0.2) is 0 Å². The van der Waals surface area contributed by atoms with Crippen LogP contribution < -0.4 is 4.90 Å². The van der Waals surface area contributed by atoms with Gasteiger partial charge in [-0.1, -0.05) is 170 Å². The third-order valence-corrected chi connectivity index (χ3v) is 10.9. The standard InChI is InChI=1S/C52H37N/c1-5-18-37(19-6-1)46-35-47(38-20-7-2-8-21-38)51-44-30-16-15-29-43(44)48-34-41(32-33-45(48)52(51)50(46)39-23-9-3-10-24-39)53(40-26-11-4-12-27-40)49-31-17-25-36-22-13-14-28-42(36)49/h1-11,13-26,28-35H,12,27H2. The Balaban J connectivity index is 1.37. The van der Waals surface area contributed by atoms with Crippen molar-refractivity contribution in [3.63, 3.8) is 0 Å². The molecule has 0 saturated carbocycles. The Morgan fingerprint density at radius 1 is 0.415 bits per heavy atom. The molecule has 0 aromatic heterocycles. The van der Waals surface area contributed by atoms with Gasteiger partial charge in [-0.3, -0.25) is 0 Å². The van der Waals surface area contributed by atoms with E-state index in [4.69, 9.17) is 0 Å². The Bertz CT molecular complexity index is 2860. The van der Waals surface area contributed by atoms with Gasteiger partial charge in [-0.05, 0) is 114 Å². The first-order chi connectivity index (χ1) is 26.3. The summed E-state index contributed by atoms with van der Waals surface area (Å²) in [7, 11) is 0. The minimum atomic E-state index is 0.981. The highest BCUT2D eigenvalue weighted by atomic mass is 15.1. The number of hydrogen-bond acceptors (Lipinski definition) is 1. The van der Waals surface area contributed by atoms with Gasteiger partial charge in [0.25, 0.3) is 0 Å². The maximum Gasteiger partial charge on any atom is 0.0536 e. The van der Waals surface area contributed by atoms with Crippen LogP contribution >= 0.6 is 0 Å². The Kier molecular flexibility index (Phi) is 7.69. The second-order valence-corrected chi connectivity index (χ2v) is 13.9. The molecule has 9 aromatic rings. The van der Waals surface area contributed by atoms with Crippen LogP contribution in [-0.2, 0) is 0 Å². The van der Waals surface area contributed by atoms with E-state index in [9.17, 15) is 0 Å². The van der Waals surface area contributed by atoms with Crippen LogP contribution in [0, 0.1) is 0 Å². The summed E-state index contributed by atoms with van der Waals surface area (Å²) in [6.07, 6.45) is 8.78. The molecule has 0 bridgehead atoms. The van der Waals surface area contributed by atoms with Crippen molar-refractivity contribution in [3.8, 4) is 33.4 Å². The highest BCUT2D eigenvalue weighted by molar-refractivity contribution is 6.33. The van der Waals surface area contributed by atoms with Crippen molar-refractivity contribution in [2.24, 2.45) is 0 Å². The normalized spacial score (nSPS) is 12.8. The van der Waals surface area contributed by atoms with E-state index >= 15 is 0 Å². The molecule has 0 radical (unpaired) electrons. The summed E-state index contributed by atoms with van der Waals surface area (Å²) < 4.78 is 0. The number of rotatable bonds is 6. The quantitative estimate of drug-likeness (QED) is 0.159. The highest BCUT2D eigenvalue weighted by Crippen LogP contribution is 2.50. The summed E-state index contributed by atoms with van der Waals surface area (Å²) in [6.45, 7) is 0. The lowest BCUT2D eigenvalue weighted by molar-refractivity contribution is 0.920. The molecule has 10 rings (SSSR count). The van der Waals surface area contributed by atoms with E-state index in [0.29, 0.717) is 0 Å². The second-order valence-electron chi connectivity index (χ2n) is 13.9. The minimum Gasteiger partial charge on any atom is -0.314 e. The molecule has 0 heterocycles. The van der Waals surface area contributed by atoms with Gasteiger partial charge in [0.2, 0.25) is 0 Å². The third kappa shape index (κ3) is 5.32. The maximum absolute atomic E-state index is 2.50. The molecule has 1 heteroatoms. The monoisotopic (exact) mass is 675 g/mol. The summed E-state index contributed by atoms with van der Waals surface area (Å²) in [6, 6.07) is 66.9. The number of allylic oxidation sites excluding steroid dienone is 4. The summed E-state index contributed by atoms with van der Waals surface area (Å²) in [5, 5.41) is 10.1. The lowest BCUT2D eigenvalue weighted by Crippen LogP contribution is -2.17. The summed E-state index contributed by atoms with van der Waals surface area (Å²) in [5.74, 6) is 0. The SMILES string of the molecule is C1=CCCC(N(c2ccc3c(c2)c2ccccc2c2c(-c4ccccc4)cc(-c4ccccc4)c(-c4ccccc4)c32)c2cccc3ccccc23)=C1. The fourth-order valence-electron chi connectivity index (χ4n) is 8.51. The molecule has 0 unspecified atom stereocenters. The molecule has 0 amide bonds. The van der Waals surface area contributed by atoms with E-state index in [-0.39, 0.29) is 0 Å². The maximum atomic E-state index is 2.50. The Labute approximate surface area is 310 Å². The molecule has 0 aliphatic heterocycles. The number of nitrogens with zero attached hydrogens (tertiary/aromatic N) is 1. The zero-order valence-corrected chi connectivity index (χ0v) is 29.4. The molecule has 9 aromatic carbocycles. The van der Waals surface area contributed by atoms with Crippen LogP contribution in [-0.4, -0.2) is 0 Å². The molecule has 0 atom stereocenters. The summed E-state index contributed by atoms with van der Waals surface area (Å²) >= 11 is 0. The Hall–Kier alpha value is -6.70. The average molecular weight is 676 g/mol. The first-order valence-electron chi connectivity index (χ1n) is 18.6. The number of fused-ring (bicyclic) bond motifs is 7. The van der Waals surface area contributed by atoms with E-state index in [1.54, 1.807) is 0 Å². The van der Waals surface area contributed by atoms with Crippen molar-refractivity contribution < 1.29 is 0 Å². The third-order valence-electron chi connectivity index (χ3n) is 10.9. The van der Waals surface area contributed by atoms with E-state index in [2.05, 4.69) is 205 Å². The van der Waals surface area contributed by atoms with Gasteiger partial charge in [0.15, 0.2) is 0 Å². The summed E-state index contributed by atoms with van der Waals surface area (Å²) in [5.41, 5.74) is 11.1. The molecule has 53 heavy (non-hydrogen) atoms. The molecule has 1 nitrogen and oxygen atoms in total. The van der Waals surface area contributed by atoms with E-state index in [1.165, 1.54) is 93.5 Å². The van der Waals surface area contributed by atoms with Crippen LogP contribution in [0.4, 0.5) is 11.4 Å². The fourth-order valence-corrected chi connectivity index (χ4v) is 8.51. The zero-order chi connectivity index (χ0) is 35.1. The molecule has 0 saturated heterocycles. The van der Waals surface area contributed by atoms with Crippen LogP contribution in [0.1, 0.15) is 12.8 Å². The molecular weight excluding hydrogens is 639 g/mol. The van der Waals surface area contributed by atoms with E-state index in [0.717, 1.165) is 12.8 Å². The van der Waals surface area contributed by atoms with Crippen molar-refractivity contribution in [2.45, 2.75) is 12.8 Å². The fraction of sp³-hybridized carbons (Fsp3) is 0.0385. The van der Waals surface area contributed by atoms with Gasteiger partial charge in [0.05, 0.1) is 5.69 Å². The van der Waals surface area contributed by atoms with Gasteiger partial charge >= 0.3 is 0 Å². The van der Waals surface area contributed by atoms with Crippen molar-refractivity contribution in [2.75, 3.05) is 4.90 Å². The van der Waals surface area contributed by atoms with Crippen LogP contribution in [0.2, 0.25) is 0 Å². The molecule has 1 aliphatic carbocycles. The van der Waals surface area contributed by atoms with Crippen LogP contribution in [0.25, 0.3) is 76.5 Å². The molecule has 0 N–H and O–H groups in total. The van der Waals surface area contributed by atoms with E-state index < -0.39 is 0 Å². The predicted octanol–water partition coefficient (Wildman–Crippen LogP) is 14.7. The summed E-state index contributed by atoms with van der Waals surface area (Å²) in [4.78, 5) is 2.50. The van der Waals surface area contributed by atoms with Crippen molar-refractivity contribution >= 4 is 54.5 Å². The van der Waals surface area contributed by atoms with E-state index in [1.807, 2.05) is 0 Å². The average Bonchev–Trinajstić information content (AvgIpc) is 3.24. The predicted molar refractivity (Wildman–Crippen MR) is 228 cm³/mol. The van der Waals surface area contributed by atoms with Gasteiger partial charge in [-0.15, -0.1) is 0 Å². The van der Waals surface area contributed by atoms with Gasteiger partial charge in [-0.2, -0.15) is 0 Å². The van der Waals surface area contributed by atoms with Crippen molar-refractivity contribution in [1.29, 1.82) is 0 Å². The largest absolute Gasteiger partial charge is 0.314 e. The first-order valence-corrected chi connectivity index (χ1v) is 18.6. The van der Waals surface area contributed by atoms with Gasteiger partial charge in [0, 0.05) is 16.8 Å². The second kappa shape index (κ2) is 13.1. The van der Waals surface area contributed by atoms with Crippen LogP contribution in [0.5, 0.6) is 0 Å². The topological polar surface area (TPSA) is 3.24 Å². The molecule has 1 aliphatic rings. The minimum absolute atomic E-state index is 0.981. The van der Waals surface area contributed by atoms with Gasteiger partial charge in [0.1, 0.15) is 0 Å². The Morgan fingerprint density at radius 3 is 1.74 bits per heavy atom. The number of hydrogen-bond donors (Lipinski definition) is 0. The molecule has 250 valence electrons. The number of benzene rings is 9. The smallest absolute Gasteiger partial charge is 0.0536 e. The van der Waals surface area contributed by atoms with Crippen molar-refractivity contribution in [1.82, 2.24) is 0 Å². The zero-order valence-electron chi connectivity index (χ0n) is 29.4. The lowest BCUT2D eigenvalue weighted by atomic mass is 9.81. The molecule has 0 spiro atoms. The molecular formula is C52H37N. The van der Waals surface area contributed by atoms with Crippen molar-refractivity contribution in [3.05, 3.63) is 206 Å². The van der Waals surface area contributed by atoms with Crippen LogP contribution in [0.15, 0.2) is 206 Å². The van der Waals surface area contributed by atoms with Gasteiger partial charge < -0.3 is 4.90 Å². The Morgan fingerprint density at radius 2 is 1.02 bits per heavy atom. The van der Waals surface area contributed by atoms with Crippen LogP contribution in [0.3, 0.4) is 0 Å².